The lowest BCUT2D eigenvalue weighted by Crippen LogP contribution is -2.50. The average Bonchev–Trinajstić information content (AvgIpc) is 2.77. The van der Waals surface area contributed by atoms with E-state index >= 15 is 0 Å². The Labute approximate surface area is 166 Å². The van der Waals surface area contributed by atoms with Crippen molar-refractivity contribution < 1.29 is 9.53 Å². The first kappa shape index (κ1) is 20.3. The number of rotatable bonds is 7. The second-order valence-corrected chi connectivity index (χ2v) is 7.19. The SMILES string of the molecule is N#CC1(OCCCN2CCN(C(=O)CN)CC2)C=CC(c2ccccc2)=CC1. The lowest BCUT2D eigenvalue weighted by atomic mass is 9.90. The molecule has 28 heavy (non-hydrogen) atoms. The van der Waals surface area contributed by atoms with Gasteiger partial charge in [-0.3, -0.25) is 9.69 Å². The van der Waals surface area contributed by atoms with Crippen LogP contribution in [0.25, 0.3) is 5.57 Å². The van der Waals surface area contributed by atoms with Gasteiger partial charge in [-0.2, -0.15) is 5.26 Å². The number of carbonyl (C=O) groups excluding carboxylic acids is 1. The molecule has 0 bridgehead atoms. The van der Waals surface area contributed by atoms with Crippen molar-refractivity contribution in [2.24, 2.45) is 5.73 Å². The maximum absolute atomic E-state index is 11.6. The molecule has 2 aliphatic rings. The molecule has 1 fully saturated rings. The van der Waals surface area contributed by atoms with E-state index in [0.29, 0.717) is 13.0 Å². The van der Waals surface area contributed by atoms with Gasteiger partial charge in [0.15, 0.2) is 5.60 Å². The molecule has 1 aromatic rings. The van der Waals surface area contributed by atoms with Crippen LogP contribution in [0.4, 0.5) is 0 Å². The van der Waals surface area contributed by atoms with E-state index in [1.54, 1.807) is 0 Å². The maximum atomic E-state index is 11.6. The topological polar surface area (TPSA) is 82.6 Å². The summed E-state index contributed by atoms with van der Waals surface area (Å²) in [6, 6.07) is 12.5. The summed E-state index contributed by atoms with van der Waals surface area (Å²) in [5, 5.41) is 9.64. The summed E-state index contributed by atoms with van der Waals surface area (Å²) in [6.45, 7) is 4.70. The van der Waals surface area contributed by atoms with Gasteiger partial charge in [-0.25, -0.2) is 0 Å². The number of ether oxygens (including phenoxy) is 1. The second kappa shape index (κ2) is 9.65. The van der Waals surface area contributed by atoms with Crippen LogP contribution >= 0.6 is 0 Å². The zero-order valence-corrected chi connectivity index (χ0v) is 16.2. The second-order valence-electron chi connectivity index (χ2n) is 7.19. The summed E-state index contributed by atoms with van der Waals surface area (Å²) in [5.74, 6) is 0.0194. The summed E-state index contributed by atoms with van der Waals surface area (Å²) >= 11 is 0. The summed E-state index contributed by atoms with van der Waals surface area (Å²) in [5.41, 5.74) is 6.82. The van der Waals surface area contributed by atoms with Crippen LogP contribution in [-0.4, -0.2) is 67.2 Å². The van der Waals surface area contributed by atoms with Gasteiger partial charge in [-0.05, 0) is 23.6 Å². The lowest BCUT2D eigenvalue weighted by molar-refractivity contribution is -0.131. The summed E-state index contributed by atoms with van der Waals surface area (Å²) < 4.78 is 5.97. The molecule has 1 amide bonds. The van der Waals surface area contributed by atoms with Crippen LogP contribution < -0.4 is 5.73 Å². The number of nitrogens with two attached hydrogens (primary N) is 1. The van der Waals surface area contributed by atoms with E-state index < -0.39 is 5.60 Å². The van der Waals surface area contributed by atoms with Crippen molar-refractivity contribution >= 4 is 11.5 Å². The number of nitriles is 1. The van der Waals surface area contributed by atoms with Crippen LogP contribution in [0.5, 0.6) is 0 Å². The van der Waals surface area contributed by atoms with Gasteiger partial charge in [0.2, 0.25) is 5.91 Å². The lowest BCUT2D eigenvalue weighted by Gasteiger charge is -2.34. The minimum Gasteiger partial charge on any atom is -0.356 e. The van der Waals surface area contributed by atoms with Crippen LogP contribution in [-0.2, 0) is 9.53 Å². The van der Waals surface area contributed by atoms with Crippen molar-refractivity contribution in [3.63, 3.8) is 0 Å². The van der Waals surface area contributed by atoms with Gasteiger partial charge < -0.3 is 15.4 Å². The van der Waals surface area contributed by atoms with Crippen LogP contribution in [0.3, 0.4) is 0 Å². The molecule has 0 spiro atoms. The molecule has 1 atom stereocenters. The number of carbonyl (C=O) groups is 1. The zero-order chi connectivity index (χ0) is 19.8. The predicted octanol–water partition coefficient (Wildman–Crippen LogP) is 1.80. The Hall–Kier alpha value is -2.46. The molecule has 0 radical (unpaired) electrons. The van der Waals surface area contributed by atoms with E-state index in [-0.39, 0.29) is 12.5 Å². The molecule has 148 valence electrons. The first-order valence-electron chi connectivity index (χ1n) is 9.86. The third-order valence-corrected chi connectivity index (χ3v) is 5.33. The van der Waals surface area contributed by atoms with E-state index in [1.165, 1.54) is 0 Å². The summed E-state index contributed by atoms with van der Waals surface area (Å²) in [7, 11) is 0. The van der Waals surface area contributed by atoms with E-state index in [0.717, 1.165) is 50.3 Å². The molecule has 2 N–H and O–H groups in total. The first-order chi connectivity index (χ1) is 13.7. The Balaban J connectivity index is 1.41. The van der Waals surface area contributed by atoms with Crippen molar-refractivity contribution in [2.45, 2.75) is 18.4 Å². The van der Waals surface area contributed by atoms with E-state index in [4.69, 9.17) is 10.5 Å². The number of nitrogens with zero attached hydrogens (tertiary/aromatic N) is 3. The quantitative estimate of drug-likeness (QED) is 0.730. The average molecular weight is 380 g/mol. The number of hydrogen-bond donors (Lipinski definition) is 1. The fraction of sp³-hybridized carbons (Fsp3) is 0.455. The molecule has 6 heteroatoms. The molecule has 1 aliphatic carbocycles. The largest absolute Gasteiger partial charge is 0.356 e. The molecular weight excluding hydrogens is 352 g/mol. The number of allylic oxidation sites excluding steroid dienone is 2. The summed E-state index contributed by atoms with van der Waals surface area (Å²) in [4.78, 5) is 15.8. The third-order valence-electron chi connectivity index (χ3n) is 5.33. The smallest absolute Gasteiger partial charge is 0.236 e. The van der Waals surface area contributed by atoms with Crippen molar-refractivity contribution in [3.05, 3.63) is 54.1 Å². The molecule has 1 saturated heterocycles. The molecular formula is C22H28N4O2. The first-order valence-corrected chi connectivity index (χ1v) is 9.86. The normalized spacial score (nSPS) is 22.6. The van der Waals surface area contributed by atoms with Crippen molar-refractivity contribution in [3.8, 4) is 6.07 Å². The van der Waals surface area contributed by atoms with Gasteiger partial charge >= 0.3 is 0 Å². The molecule has 1 aliphatic heterocycles. The summed E-state index contributed by atoms with van der Waals surface area (Å²) in [6.07, 6.45) is 7.36. The number of hydrogen-bond acceptors (Lipinski definition) is 5. The van der Waals surface area contributed by atoms with Gasteiger partial charge in [-0.15, -0.1) is 0 Å². The van der Waals surface area contributed by atoms with Crippen molar-refractivity contribution in [2.75, 3.05) is 45.9 Å². The van der Waals surface area contributed by atoms with Gasteiger partial charge in [0.25, 0.3) is 0 Å². The molecule has 0 saturated carbocycles. The highest BCUT2D eigenvalue weighted by Gasteiger charge is 2.29. The third kappa shape index (κ3) is 5.08. The van der Waals surface area contributed by atoms with Crippen molar-refractivity contribution in [1.82, 2.24) is 9.80 Å². The monoisotopic (exact) mass is 380 g/mol. The minimum atomic E-state index is -0.871. The highest BCUT2D eigenvalue weighted by molar-refractivity contribution is 5.78. The van der Waals surface area contributed by atoms with E-state index in [1.807, 2.05) is 35.3 Å². The molecule has 0 aromatic heterocycles. The van der Waals surface area contributed by atoms with Gasteiger partial charge in [0, 0.05) is 39.1 Å². The Kier molecular flexibility index (Phi) is 6.99. The van der Waals surface area contributed by atoms with Gasteiger partial charge in [0.1, 0.15) is 6.07 Å². The Morgan fingerprint density at radius 3 is 2.57 bits per heavy atom. The molecule has 3 rings (SSSR count). The molecule has 1 heterocycles. The Morgan fingerprint density at radius 2 is 1.96 bits per heavy atom. The standard InChI is InChI=1S/C22H28N4O2/c23-17-21(27)26-14-12-25(13-15-26)11-4-16-28-22(18-24)9-7-20(8-10-22)19-5-2-1-3-6-19/h1-3,5-9H,4,10-17,23H2. The Morgan fingerprint density at radius 1 is 1.21 bits per heavy atom. The number of amides is 1. The fourth-order valence-corrected chi connectivity index (χ4v) is 3.58. The molecule has 1 unspecified atom stereocenters. The van der Waals surface area contributed by atoms with Gasteiger partial charge in [-0.1, -0.05) is 42.5 Å². The van der Waals surface area contributed by atoms with E-state index in [9.17, 15) is 10.1 Å². The number of benzene rings is 1. The van der Waals surface area contributed by atoms with E-state index in [2.05, 4.69) is 29.2 Å². The maximum Gasteiger partial charge on any atom is 0.236 e. The van der Waals surface area contributed by atoms with Crippen LogP contribution in [0, 0.1) is 11.3 Å². The van der Waals surface area contributed by atoms with Crippen LogP contribution in [0.1, 0.15) is 18.4 Å². The molecule has 6 nitrogen and oxygen atoms in total. The zero-order valence-electron chi connectivity index (χ0n) is 16.2. The Bertz CT molecular complexity index is 760. The molecule has 1 aromatic carbocycles. The van der Waals surface area contributed by atoms with Crippen LogP contribution in [0.15, 0.2) is 48.6 Å². The fourth-order valence-electron chi connectivity index (χ4n) is 3.58. The van der Waals surface area contributed by atoms with Crippen molar-refractivity contribution in [1.29, 1.82) is 5.26 Å². The highest BCUT2D eigenvalue weighted by Crippen LogP contribution is 2.29. The van der Waals surface area contributed by atoms with Crippen LogP contribution in [0.2, 0.25) is 0 Å². The predicted molar refractivity (Wildman–Crippen MR) is 109 cm³/mol. The number of piperazine rings is 1. The highest BCUT2D eigenvalue weighted by atomic mass is 16.5. The minimum absolute atomic E-state index is 0.0194. The van der Waals surface area contributed by atoms with Gasteiger partial charge in [0.05, 0.1) is 13.2 Å².